The highest BCUT2D eigenvalue weighted by Gasteiger charge is 2.20. The summed E-state index contributed by atoms with van der Waals surface area (Å²) in [6.07, 6.45) is 0. The van der Waals surface area contributed by atoms with Crippen molar-refractivity contribution in [1.29, 1.82) is 0 Å². The molecule has 12 heavy (non-hydrogen) atoms. The number of tetrazole rings is 1. The highest BCUT2D eigenvalue weighted by molar-refractivity contribution is 5.76. The van der Waals surface area contributed by atoms with Gasteiger partial charge in [0.25, 0.3) is 0 Å². The lowest BCUT2D eigenvalue weighted by Crippen LogP contribution is -2.24. The van der Waals surface area contributed by atoms with Gasteiger partial charge in [0.05, 0.1) is 6.61 Å². The minimum Gasteiger partial charge on any atom is -0.464 e. The molecule has 1 heterocycles. The summed E-state index contributed by atoms with van der Waals surface area (Å²) < 4.78 is 4.64. The monoisotopic (exact) mass is 171 g/mol. The Morgan fingerprint density at radius 2 is 2.58 bits per heavy atom. The minimum absolute atomic E-state index is 0.133. The van der Waals surface area contributed by atoms with Crippen LogP contribution in [0.25, 0.3) is 0 Å². The lowest BCUT2D eigenvalue weighted by atomic mass is 10.3. The molecule has 0 amide bonds. The van der Waals surface area contributed by atoms with E-state index in [1.165, 1.54) is 0 Å². The standard InChI is InChI=1S/C5H9N5O2/c1-2-12-5(11)3(6)4-7-9-10-8-4/h3H,2,6H2,1H3,(H,7,8,9,10). The van der Waals surface area contributed by atoms with Crippen molar-refractivity contribution in [3.05, 3.63) is 5.82 Å². The topological polar surface area (TPSA) is 107 Å². The van der Waals surface area contributed by atoms with E-state index in [-0.39, 0.29) is 12.4 Å². The van der Waals surface area contributed by atoms with Crippen LogP contribution >= 0.6 is 0 Å². The third-order valence-corrected chi connectivity index (χ3v) is 1.18. The number of H-pyrrole nitrogens is 1. The zero-order valence-corrected chi connectivity index (χ0v) is 6.52. The van der Waals surface area contributed by atoms with Gasteiger partial charge in [0.2, 0.25) is 5.82 Å². The maximum Gasteiger partial charge on any atom is 0.331 e. The van der Waals surface area contributed by atoms with Crippen LogP contribution in [0.2, 0.25) is 0 Å². The summed E-state index contributed by atoms with van der Waals surface area (Å²) in [5.74, 6) is -0.424. The zero-order chi connectivity index (χ0) is 8.97. The van der Waals surface area contributed by atoms with E-state index < -0.39 is 12.0 Å². The van der Waals surface area contributed by atoms with Gasteiger partial charge in [0.1, 0.15) is 0 Å². The molecule has 0 bridgehead atoms. The summed E-state index contributed by atoms with van der Waals surface area (Å²) >= 11 is 0. The highest BCUT2D eigenvalue weighted by Crippen LogP contribution is 2.02. The molecule has 0 radical (unpaired) electrons. The van der Waals surface area contributed by atoms with Crippen molar-refractivity contribution in [3.8, 4) is 0 Å². The summed E-state index contributed by atoms with van der Waals surface area (Å²) in [5, 5.41) is 12.5. The van der Waals surface area contributed by atoms with E-state index in [4.69, 9.17) is 5.73 Å². The maximum atomic E-state index is 11.0. The molecule has 7 nitrogen and oxygen atoms in total. The number of hydrogen-bond acceptors (Lipinski definition) is 6. The Bertz CT molecular complexity index is 246. The number of nitrogens with two attached hydrogens (primary N) is 1. The van der Waals surface area contributed by atoms with Crippen LogP contribution < -0.4 is 5.73 Å². The summed E-state index contributed by atoms with van der Waals surface area (Å²) in [6.45, 7) is 1.98. The van der Waals surface area contributed by atoms with E-state index >= 15 is 0 Å². The van der Waals surface area contributed by atoms with Crippen molar-refractivity contribution >= 4 is 5.97 Å². The average molecular weight is 171 g/mol. The fourth-order valence-electron chi connectivity index (χ4n) is 0.639. The molecule has 0 aromatic carbocycles. The molecule has 1 unspecified atom stereocenters. The smallest absolute Gasteiger partial charge is 0.331 e. The van der Waals surface area contributed by atoms with E-state index in [2.05, 4.69) is 25.4 Å². The number of aromatic amines is 1. The van der Waals surface area contributed by atoms with Crippen LogP contribution in [0.1, 0.15) is 18.8 Å². The van der Waals surface area contributed by atoms with E-state index in [1.54, 1.807) is 6.92 Å². The fourth-order valence-corrected chi connectivity index (χ4v) is 0.639. The number of ether oxygens (including phenoxy) is 1. The molecule has 7 heteroatoms. The fraction of sp³-hybridized carbons (Fsp3) is 0.600. The van der Waals surface area contributed by atoms with Crippen molar-refractivity contribution in [1.82, 2.24) is 20.6 Å². The summed E-state index contributed by atoms with van der Waals surface area (Å²) in [6, 6.07) is -0.955. The average Bonchev–Trinajstić information content (AvgIpc) is 2.55. The van der Waals surface area contributed by atoms with Crippen molar-refractivity contribution < 1.29 is 9.53 Å². The predicted molar refractivity (Wildman–Crippen MR) is 37.7 cm³/mol. The third-order valence-electron chi connectivity index (χ3n) is 1.18. The first kappa shape index (κ1) is 8.60. The van der Waals surface area contributed by atoms with Gasteiger partial charge in [-0.15, -0.1) is 10.2 Å². The van der Waals surface area contributed by atoms with Crippen LogP contribution in [0.5, 0.6) is 0 Å². The van der Waals surface area contributed by atoms with Gasteiger partial charge >= 0.3 is 5.97 Å². The number of carbonyl (C=O) groups excluding carboxylic acids is 1. The van der Waals surface area contributed by atoms with Gasteiger partial charge in [-0.25, -0.2) is 4.79 Å². The largest absolute Gasteiger partial charge is 0.464 e. The molecule has 1 rings (SSSR count). The molecule has 0 aliphatic carbocycles. The van der Waals surface area contributed by atoms with Crippen LogP contribution in [0.15, 0.2) is 0 Å². The molecule has 0 saturated heterocycles. The van der Waals surface area contributed by atoms with Gasteiger partial charge in [-0.3, -0.25) is 0 Å². The number of nitrogens with zero attached hydrogens (tertiary/aromatic N) is 3. The quantitative estimate of drug-likeness (QED) is 0.551. The molecule has 0 spiro atoms. The molecular weight excluding hydrogens is 162 g/mol. The van der Waals surface area contributed by atoms with Gasteiger partial charge in [0, 0.05) is 0 Å². The van der Waals surface area contributed by atoms with E-state index in [9.17, 15) is 4.79 Å². The summed E-state index contributed by atoms with van der Waals surface area (Å²) in [5.41, 5.74) is 5.41. The highest BCUT2D eigenvalue weighted by atomic mass is 16.5. The number of esters is 1. The van der Waals surface area contributed by atoms with Crippen molar-refractivity contribution in [2.24, 2.45) is 5.73 Å². The molecular formula is C5H9N5O2. The number of hydrogen-bond donors (Lipinski definition) is 2. The van der Waals surface area contributed by atoms with Crippen LogP contribution in [-0.2, 0) is 9.53 Å². The minimum atomic E-state index is -0.955. The first-order valence-corrected chi connectivity index (χ1v) is 3.41. The Kier molecular flexibility index (Phi) is 2.70. The molecule has 0 saturated carbocycles. The maximum absolute atomic E-state index is 11.0. The lowest BCUT2D eigenvalue weighted by Gasteiger charge is -2.04. The Labute approximate surface area is 68.3 Å². The van der Waals surface area contributed by atoms with Gasteiger partial charge in [-0.05, 0) is 6.92 Å². The Balaban J connectivity index is 2.59. The number of carbonyl (C=O) groups is 1. The SMILES string of the molecule is CCOC(=O)C(N)c1nn[nH]n1. The normalized spacial score (nSPS) is 12.5. The Hall–Kier alpha value is -1.50. The van der Waals surface area contributed by atoms with E-state index in [0.717, 1.165) is 0 Å². The molecule has 1 atom stereocenters. The van der Waals surface area contributed by atoms with Crippen LogP contribution in [0.4, 0.5) is 0 Å². The lowest BCUT2D eigenvalue weighted by molar-refractivity contribution is -0.145. The predicted octanol–water partition coefficient (Wildman–Crippen LogP) is -1.24. The molecule has 3 N–H and O–H groups in total. The second-order valence-corrected chi connectivity index (χ2v) is 2.00. The molecule has 66 valence electrons. The second-order valence-electron chi connectivity index (χ2n) is 2.00. The van der Waals surface area contributed by atoms with Gasteiger partial charge in [0.15, 0.2) is 6.04 Å². The van der Waals surface area contributed by atoms with Crippen molar-refractivity contribution in [2.75, 3.05) is 6.61 Å². The van der Waals surface area contributed by atoms with E-state index in [1.807, 2.05) is 0 Å². The number of rotatable bonds is 3. The first-order chi connectivity index (χ1) is 5.75. The second kappa shape index (κ2) is 3.77. The molecule has 0 aliphatic heterocycles. The Morgan fingerprint density at radius 3 is 3.08 bits per heavy atom. The van der Waals surface area contributed by atoms with Crippen LogP contribution in [0.3, 0.4) is 0 Å². The summed E-state index contributed by atoms with van der Waals surface area (Å²) in [4.78, 5) is 11.0. The number of nitrogens with one attached hydrogen (secondary N) is 1. The van der Waals surface area contributed by atoms with Crippen LogP contribution in [-0.4, -0.2) is 33.2 Å². The zero-order valence-electron chi connectivity index (χ0n) is 6.52. The molecule has 0 aliphatic rings. The third kappa shape index (κ3) is 1.76. The molecule has 1 aromatic heterocycles. The first-order valence-electron chi connectivity index (χ1n) is 3.41. The van der Waals surface area contributed by atoms with Crippen LogP contribution in [0, 0.1) is 0 Å². The van der Waals surface area contributed by atoms with Gasteiger partial charge in [-0.2, -0.15) is 5.21 Å². The Morgan fingerprint density at radius 1 is 1.83 bits per heavy atom. The number of aromatic nitrogens is 4. The van der Waals surface area contributed by atoms with Gasteiger partial charge in [-0.1, -0.05) is 5.21 Å². The van der Waals surface area contributed by atoms with Crippen molar-refractivity contribution in [2.45, 2.75) is 13.0 Å². The van der Waals surface area contributed by atoms with E-state index in [0.29, 0.717) is 0 Å². The van der Waals surface area contributed by atoms with Crippen molar-refractivity contribution in [3.63, 3.8) is 0 Å². The van der Waals surface area contributed by atoms with Gasteiger partial charge < -0.3 is 10.5 Å². The molecule has 0 fully saturated rings. The molecule has 1 aromatic rings. The summed E-state index contributed by atoms with van der Waals surface area (Å²) in [7, 11) is 0.